The predicted octanol–water partition coefficient (Wildman–Crippen LogP) is 2.30. The summed E-state index contributed by atoms with van der Waals surface area (Å²) in [6, 6.07) is 4.12. The molecule has 2 amide bonds. The van der Waals surface area contributed by atoms with Gasteiger partial charge in [0.1, 0.15) is 0 Å². The van der Waals surface area contributed by atoms with Crippen LogP contribution in [0.25, 0.3) is 0 Å². The third-order valence-corrected chi connectivity index (χ3v) is 7.70. The third-order valence-electron chi connectivity index (χ3n) is 7.70. The Morgan fingerprint density at radius 3 is 2.35 bits per heavy atom. The molecule has 1 aromatic heterocycles. The minimum absolute atomic E-state index is 0.0943. The molecule has 2 aliphatic heterocycles. The van der Waals surface area contributed by atoms with E-state index in [1.165, 1.54) is 5.56 Å². The fraction of sp³-hybridized carbons (Fsp3) is 0.652. The molecule has 11 heteroatoms. The molecule has 0 aromatic carbocycles. The van der Waals surface area contributed by atoms with E-state index in [0.717, 1.165) is 51.9 Å². The summed E-state index contributed by atoms with van der Waals surface area (Å²) in [5.41, 5.74) is 1.07. The first-order valence-electron chi connectivity index (χ1n) is 11.3. The summed E-state index contributed by atoms with van der Waals surface area (Å²) >= 11 is 0. The summed E-state index contributed by atoms with van der Waals surface area (Å²) < 4.78 is 31.7. The monoisotopic (exact) mass is 484 g/mol. The molecular weight excluding hydrogens is 453 g/mol. The van der Waals surface area contributed by atoms with Crippen LogP contribution in [0.4, 0.5) is 13.2 Å². The number of nitrogens with zero attached hydrogens (tertiary/aromatic N) is 3. The Labute approximate surface area is 196 Å². The van der Waals surface area contributed by atoms with Gasteiger partial charge in [0, 0.05) is 46.0 Å². The second-order valence-electron chi connectivity index (χ2n) is 9.49. The van der Waals surface area contributed by atoms with Crippen LogP contribution in [0.1, 0.15) is 38.2 Å². The van der Waals surface area contributed by atoms with E-state index in [1.807, 2.05) is 23.4 Å². The number of aliphatic carboxylic acids is 1. The number of hydrogen-bond acceptors (Lipinski definition) is 5. The Bertz CT molecular complexity index is 903. The molecule has 0 bridgehead atoms. The van der Waals surface area contributed by atoms with Crippen LogP contribution in [0.3, 0.4) is 0 Å². The zero-order chi connectivity index (χ0) is 25.1. The van der Waals surface area contributed by atoms with Gasteiger partial charge in [-0.1, -0.05) is 6.07 Å². The van der Waals surface area contributed by atoms with Crippen molar-refractivity contribution in [1.29, 1.82) is 0 Å². The van der Waals surface area contributed by atoms with Gasteiger partial charge >= 0.3 is 12.1 Å². The number of carbonyl (C=O) groups is 3. The highest BCUT2D eigenvalue weighted by molar-refractivity contribution is 5.86. The summed E-state index contributed by atoms with van der Waals surface area (Å²) in [5.74, 6) is -2.25. The zero-order valence-corrected chi connectivity index (χ0v) is 19.4. The van der Waals surface area contributed by atoms with E-state index >= 15 is 0 Å². The van der Waals surface area contributed by atoms with E-state index in [1.54, 1.807) is 14.0 Å². The second kappa shape index (κ2) is 9.89. The van der Waals surface area contributed by atoms with Gasteiger partial charge in [-0.25, -0.2) is 4.79 Å². The number of halogens is 3. The minimum atomic E-state index is -5.08. The molecule has 1 saturated carbocycles. The van der Waals surface area contributed by atoms with Crippen molar-refractivity contribution in [3.05, 3.63) is 30.1 Å². The van der Waals surface area contributed by atoms with Gasteiger partial charge in [0.2, 0.25) is 11.8 Å². The third kappa shape index (κ3) is 5.18. The maximum absolute atomic E-state index is 12.9. The first kappa shape index (κ1) is 25.9. The number of pyridine rings is 1. The first-order chi connectivity index (χ1) is 15.9. The summed E-state index contributed by atoms with van der Waals surface area (Å²) in [6.07, 6.45) is 2.91. The number of alkyl halides is 3. The number of amides is 2. The smallest absolute Gasteiger partial charge is 0.475 e. The maximum atomic E-state index is 12.9. The van der Waals surface area contributed by atoms with E-state index in [0.29, 0.717) is 6.54 Å². The van der Waals surface area contributed by atoms with E-state index in [9.17, 15) is 22.8 Å². The Morgan fingerprint density at radius 1 is 1.21 bits per heavy atom. The first-order valence-corrected chi connectivity index (χ1v) is 11.3. The largest absolute Gasteiger partial charge is 0.490 e. The van der Waals surface area contributed by atoms with Crippen molar-refractivity contribution in [3.8, 4) is 0 Å². The average molecular weight is 485 g/mol. The lowest BCUT2D eigenvalue weighted by atomic mass is 9.65. The summed E-state index contributed by atoms with van der Waals surface area (Å²) in [6.45, 7) is 6.00. The van der Waals surface area contributed by atoms with Crippen molar-refractivity contribution in [2.45, 2.75) is 45.3 Å². The fourth-order valence-electron chi connectivity index (χ4n) is 5.93. The van der Waals surface area contributed by atoms with E-state index in [-0.39, 0.29) is 28.6 Å². The molecule has 0 radical (unpaired) electrons. The van der Waals surface area contributed by atoms with Gasteiger partial charge in [-0.05, 0) is 61.7 Å². The molecule has 2 N–H and O–H groups in total. The van der Waals surface area contributed by atoms with Gasteiger partial charge in [-0.15, -0.1) is 0 Å². The van der Waals surface area contributed by atoms with Crippen molar-refractivity contribution in [2.24, 2.45) is 16.7 Å². The lowest BCUT2D eigenvalue weighted by Gasteiger charge is -2.44. The SMILES string of the molecule is CNC(=O)[C@@]12CCC3(CCN(Cc4cccnc4)CC3)[C@@H]1CN(C(C)=O)C2.O=C(O)C(F)(F)F. The summed E-state index contributed by atoms with van der Waals surface area (Å²) in [5, 5.41) is 10.0. The van der Waals surface area contributed by atoms with Crippen LogP contribution in [0, 0.1) is 16.7 Å². The molecule has 1 spiro atoms. The molecule has 2 saturated heterocycles. The summed E-state index contributed by atoms with van der Waals surface area (Å²) in [4.78, 5) is 42.4. The number of piperidine rings is 1. The molecule has 2 atom stereocenters. The number of likely N-dealkylation sites (tertiary alicyclic amines) is 2. The molecule has 3 fully saturated rings. The van der Waals surface area contributed by atoms with Gasteiger partial charge < -0.3 is 15.3 Å². The fourth-order valence-corrected chi connectivity index (χ4v) is 5.93. The van der Waals surface area contributed by atoms with Gasteiger partial charge in [0.25, 0.3) is 0 Å². The predicted molar refractivity (Wildman–Crippen MR) is 116 cm³/mol. The van der Waals surface area contributed by atoms with Crippen LogP contribution in [-0.4, -0.2) is 77.1 Å². The van der Waals surface area contributed by atoms with Crippen LogP contribution in [0.2, 0.25) is 0 Å². The Hall–Kier alpha value is -2.69. The zero-order valence-electron chi connectivity index (χ0n) is 19.4. The quantitative estimate of drug-likeness (QED) is 0.683. The highest BCUT2D eigenvalue weighted by Crippen LogP contribution is 2.62. The molecule has 1 aromatic rings. The molecule has 8 nitrogen and oxygen atoms in total. The number of carboxylic acid groups (broad SMARTS) is 1. The van der Waals surface area contributed by atoms with E-state index in [4.69, 9.17) is 9.90 Å². The van der Waals surface area contributed by atoms with E-state index < -0.39 is 12.1 Å². The Morgan fingerprint density at radius 2 is 1.85 bits per heavy atom. The molecule has 188 valence electrons. The molecule has 4 rings (SSSR count). The maximum Gasteiger partial charge on any atom is 0.490 e. The number of rotatable bonds is 3. The average Bonchev–Trinajstić information content (AvgIpc) is 3.33. The Kier molecular flexibility index (Phi) is 7.54. The number of fused-ring (bicyclic) bond motifs is 2. The van der Waals surface area contributed by atoms with Gasteiger partial charge in [0.05, 0.1) is 5.41 Å². The van der Waals surface area contributed by atoms with Gasteiger partial charge in [0.15, 0.2) is 0 Å². The van der Waals surface area contributed by atoms with Crippen molar-refractivity contribution in [2.75, 3.05) is 33.2 Å². The van der Waals surface area contributed by atoms with Crippen molar-refractivity contribution in [3.63, 3.8) is 0 Å². The molecule has 34 heavy (non-hydrogen) atoms. The van der Waals surface area contributed by atoms with Crippen LogP contribution in [0.5, 0.6) is 0 Å². The molecular formula is C23H31F3N4O4. The molecule has 1 aliphatic carbocycles. The van der Waals surface area contributed by atoms with Crippen LogP contribution >= 0.6 is 0 Å². The number of hydrogen-bond donors (Lipinski definition) is 2. The lowest BCUT2D eigenvalue weighted by Crippen LogP contribution is -2.48. The van der Waals surface area contributed by atoms with Crippen LogP contribution < -0.4 is 5.32 Å². The van der Waals surface area contributed by atoms with Crippen molar-refractivity contribution < 1.29 is 32.7 Å². The second-order valence-corrected chi connectivity index (χ2v) is 9.49. The highest BCUT2D eigenvalue weighted by Gasteiger charge is 2.64. The normalized spacial score (nSPS) is 25.9. The molecule has 3 heterocycles. The standard InChI is InChI=1S/C21H30N4O2.C2HF3O2/c1-16(26)25-14-18-20(5-6-21(18,15-25)19(27)22-2)7-10-24(11-8-20)13-17-4-3-9-23-12-17;3-2(4,5)1(6)7/h3-4,9,12,18H,5-8,10-11,13-15H2,1-2H3,(H,22,27);(H,6,7)/t18-,21+;/m0./s1. The van der Waals surface area contributed by atoms with Gasteiger partial charge in [-0.2, -0.15) is 13.2 Å². The van der Waals surface area contributed by atoms with Gasteiger partial charge in [-0.3, -0.25) is 19.5 Å². The lowest BCUT2D eigenvalue weighted by molar-refractivity contribution is -0.192. The number of nitrogens with one attached hydrogen (secondary N) is 1. The number of aromatic nitrogens is 1. The number of carbonyl (C=O) groups excluding carboxylic acids is 2. The Balaban J connectivity index is 0.000000406. The highest BCUT2D eigenvalue weighted by atomic mass is 19.4. The minimum Gasteiger partial charge on any atom is -0.475 e. The van der Waals surface area contributed by atoms with Crippen molar-refractivity contribution >= 4 is 17.8 Å². The topological polar surface area (TPSA) is 103 Å². The van der Waals surface area contributed by atoms with E-state index in [2.05, 4.69) is 21.3 Å². The summed E-state index contributed by atoms with van der Waals surface area (Å²) in [7, 11) is 1.73. The van der Waals surface area contributed by atoms with Crippen LogP contribution in [-0.2, 0) is 20.9 Å². The van der Waals surface area contributed by atoms with Crippen molar-refractivity contribution in [1.82, 2.24) is 20.1 Å². The molecule has 3 aliphatic rings. The number of carboxylic acids is 1. The van der Waals surface area contributed by atoms with Crippen LogP contribution in [0.15, 0.2) is 24.5 Å². The molecule has 0 unspecified atom stereocenters.